The maximum atomic E-state index is 12.7. The highest BCUT2D eigenvalue weighted by Gasteiger charge is 2.01. The van der Waals surface area contributed by atoms with Crippen molar-refractivity contribution in [1.29, 1.82) is 0 Å². The topological polar surface area (TPSA) is 26.0 Å². The van der Waals surface area contributed by atoms with Crippen molar-refractivity contribution >= 4 is 17.4 Å². The summed E-state index contributed by atoms with van der Waals surface area (Å²) in [7, 11) is 0. The molecule has 0 amide bonds. The van der Waals surface area contributed by atoms with Crippen LogP contribution in [0.25, 0.3) is 0 Å². The van der Waals surface area contributed by atoms with Crippen LogP contribution in [0.3, 0.4) is 0 Å². The third-order valence-corrected chi connectivity index (χ3v) is 1.90. The molecule has 0 saturated carbocycles. The van der Waals surface area contributed by atoms with Gasteiger partial charge in [-0.25, -0.2) is 8.78 Å². The van der Waals surface area contributed by atoms with Gasteiger partial charge in [0.05, 0.1) is 0 Å². The van der Waals surface area contributed by atoms with Gasteiger partial charge < -0.3 is 5.73 Å². The van der Waals surface area contributed by atoms with E-state index in [1.807, 2.05) is 0 Å². The minimum Gasteiger partial charge on any atom is -0.399 e. The van der Waals surface area contributed by atoms with Crippen molar-refractivity contribution in [3.05, 3.63) is 24.0 Å². The van der Waals surface area contributed by atoms with Crippen LogP contribution >= 0.6 is 11.8 Å². The first-order valence-electron chi connectivity index (χ1n) is 2.98. The molecular weight excluding hydrogens is 168 g/mol. The standard InChI is InChI=1S/C7H7F2NS/c8-4-11-7-3-5(10)1-2-6(7)9/h1-3H,4,10H2. The van der Waals surface area contributed by atoms with Crippen LogP contribution in [0.1, 0.15) is 0 Å². The molecule has 1 rings (SSSR count). The van der Waals surface area contributed by atoms with Gasteiger partial charge in [0.15, 0.2) is 0 Å². The minimum absolute atomic E-state index is 0.257. The molecule has 0 radical (unpaired) electrons. The minimum atomic E-state index is -0.639. The fourth-order valence-corrected chi connectivity index (χ4v) is 1.23. The van der Waals surface area contributed by atoms with Crippen LogP contribution in [0.5, 0.6) is 0 Å². The van der Waals surface area contributed by atoms with Crippen LogP contribution in [0.4, 0.5) is 14.5 Å². The second kappa shape index (κ2) is 3.57. The molecule has 1 aromatic rings. The summed E-state index contributed by atoms with van der Waals surface area (Å²) < 4.78 is 24.5. The first kappa shape index (κ1) is 8.33. The first-order valence-corrected chi connectivity index (χ1v) is 3.96. The molecule has 2 N–H and O–H groups in total. The fraction of sp³-hybridized carbons (Fsp3) is 0.143. The van der Waals surface area contributed by atoms with Gasteiger partial charge >= 0.3 is 0 Å². The summed E-state index contributed by atoms with van der Waals surface area (Å²) in [5.41, 5.74) is 5.80. The number of thioether (sulfide) groups is 1. The number of benzene rings is 1. The zero-order chi connectivity index (χ0) is 8.27. The Balaban J connectivity index is 2.93. The monoisotopic (exact) mass is 175 g/mol. The maximum absolute atomic E-state index is 12.7. The normalized spacial score (nSPS) is 10.0. The summed E-state index contributed by atoms with van der Waals surface area (Å²) in [6, 6.07) is 3.45. The van der Waals surface area contributed by atoms with Gasteiger partial charge in [-0.15, -0.1) is 0 Å². The predicted octanol–water partition coefficient (Wildman–Crippen LogP) is 2.43. The molecule has 11 heavy (non-hydrogen) atoms. The van der Waals surface area contributed by atoms with Crippen molar-refractivity contribution in [2.75, 3.05) is 11.7 Å². The number of hydrogen-bond acceptors (Lipinski definition) is 2. The number of nitrogen functional groups attached to an aromatic ring is 1. The molecule has 1 nitrogen and oxygen atoms in total. The van der Waals surface area contributed by atoms with Gasteiger partial charge in [-0.05, 0) is 18.2 Å². The van der Waals surface area contributed by atoms with E-state index in [4.69, 9.17) is 5.73 Å². The molecule has 0 aliphatic heterocycles. The molecule has 1 aromatic carbocycles. The van der Waals surface area contributed by atoms with E-state index < -0.39 is 11.8 Å². The molecule has 60 valence electrons. The van der Waals surface area contributed by atoms with Gasteiger partial charge in [0, 0.05) is 10.6 Å². The zero-order valence-corrected chi connectivity index (χ0v) is 6.50. The van der Waals surface area contributed by atoms with E-state index in [0.717, 1.165) is 11.8 Å². The molecule has 4 heteroatoms. The molecule has 0 saturated heterocycles. The molecule has 0 atom stereocenters. The van der Waals surface area contributed by atoms with Crippen LogP contribution < -0.4 is 5.73 Å². The Labute approximate surface area is 67.6 Å². The Bertz CT molecular complexity index is 252. The van der Waals surface area contributed by atoms with E-state index >= 15 is 0 Å². The number of anilines is 1. The quantitative estimate of drug-likeness (QED) is 0.551. The Kier molecular flexibility index (Phi) is 2.70. The van der Waals surface area contributed by atoms with Crippen LogP contribution in [-0.4, -0.2) is 6.01 Å². The highest BCUT2D eigenvalue weighted by atomic mass is 32.2. The number of hydrogen-bond donors (Lipinski definition) is 1. The van der Waals surface area contributed by atoms with E-state index in [9.17, 15) is 8.78 Å². The maximum Gasteiger partial charge on any atom is 0.139 e. The summed E-state index contributed by atoms with van der Waals surface area (Å²) in [6.45, 7) is 0. The largest absolute Gasteiger partial charge is 0.399 e. The number of alkyl halides is 1. The molecule has 0 aromatic heterocycles. The van der Waals surface area contributed by atoms with E-state index in [2.05, 4.69) is 0 Å². The number of rotatable bonds is 2. The van der Waals surface area contributed by atoms with Gasteiger partial charge in [-0.2, -0.15) is 0 Å². The summed E-state index contributed by atoms with van der Waals surface area (Å²) in [5, 5.41) is 0. The summed E-state index contributed by atoms with van der Waals surface area (Å²) in [5.74, 6) is -0.429. The summed E-state index contributed by atoms with van der Waals surface area (Å²) in [4.78, 5) is 0.257. The van der Waals surface area contributed by atoms with Crippen molar-refractivity contribution in [2.45, 2.75) is 4.90 Å². The van der Waals surface area contributed by atoms with Gasteiger partial charge in [0.1, 0.15) is 11.8 Å². The zero-order valence-electron chi connectivity index (χ0n) is 5.68. The first-order chi connectivity index (χ1) is 5.24. The fourth-order valence-electron chi connectivity index (χ4n) is 0.689. The molecule has 0 aliphatic rings. The highest BCUT2D eigenvalue weighted by Crippen LogP contribution is 2.23. The Morgan fingerprint density at radius 2 is 2.18 bits per heavy atom. The predicted molar refractivity (Wildman–Crippen MR) is 42.6 cm³/mol. The van der Waals surface area contributed by atoms with Gasteiger partial charge in [-0.1, -0.05) is 11.8 Å². The lowest BCUT2D eigenvalue weighted by molar-refractivity contribution is 0.590. The van der Waals surface area contributed by atoms with Crippen molar-refractivity contribution < 1.29 is 8.78 Å². The van der Waals surface area contributed by atoms with Crippen molar-refractivity contribution in [3.8, 4) is 0 Å². The third-order valence-electron chi connectivity index (χ3n) is 1.17. The summed E-state index contributed by atoms with van der Waals surface area (Å²) >= 11 is 0.794. The van der Waals surface area contributed by atoms with E-state index in [1.165, 1.54) is 18.2 Å². The van der Waals surface area contributed by atoms with Crippen molar-refractivity contribution in [1.82, 2.24) is 0 Å². The molecule has 0 aliphatic carbocycles. The van der Waals surface area contributed by atoms with Crippen LogP contribution in [0.15, 0.2) is 23.1 Å². The number of halogens is 2. The highest BCUT2D eigenvalue weighted by molar-refractivity contribution is 7.99. The lowest BCUT2D eigenvalue weighted by Gasteiger charge is -1.99. The van der Waals surface area contributed by atoms with Crippen molar-refractivity contribution in [2.24, 2.45) is 0 Å². The molecular formula is C7H7F2NS. The van der Waals surface area contributed by atoms with E-state index in [-0.39, 0.29) is 4.90 Å². The van der Waals surface area contributed by atoms with Crippen LogP contribution in [0, 0.1) is 5.82 Å². The second-order valence-electron chi connectivity index (χ2n) is 1.94. The number of nitrogens with two attached hydrogens (primary N) is 1. The molecule has 0 heterocycles. The van der Waals surface area contributed by atoms with E-state index in [0.29, 0.717) is 5.69 Å². The van der Waals surface area contributed by atoms with E-state index in [1.54, 1.807) is 0 Å². The van der Waals surface area contributed by atoms with Crippen molar-refractivity contribution in [3.63, 3.8) is 0 Å². The SMILES string of the molecule is Nc1ccc(F)c(SCF)c1. The second-order valence-corrected chi connectivity index (χ2v) is 2.89. The Morgan fingerprint density at radius 3 is 2.82 bits per heavy atom. The van der Waals surface area contributed by atoms with Gasteiger partial charge in [0.2, 0.25) is 0 Å². The van der Waals surface area contributed by atoms with Crippen LogP contribution in [-0.2, 0) is 0 Å². The smallest absolute Gasteiger partial charge is 0.139 e. The molecule has 0 bridgehead atoms. The summed E-state index contributed by atoms with van der Waals surface area (Å²) in [6.07, 6.45) is 0. The van der Waals surface area contributed by atoms with Gasteiger partial charge in [0.25, 0.3) is 0 Å². The lowest BCUT2D eigenvalue weighted by Crippen LogP contribution is -1.87. The Morgan fingerprint density at radius 1 is 1.45 bits per heavy atom. The molecule has 0 unspecified atom stereocenters. The molecule has 0 spiro atoms. The lowest BCUT2D eigenvalue weighted by atomic mass is 10.3. The van der Waals surface area contributed by atoms with Gasteiger partial charge in [-0.3, -0.25) is 0 Å². The molecule has 0 fully saturated rings. The van der Waals surface area contributed by atoms with Crippen LogP contribution in [0.2, 0.25) is 0 Å². The Hall–Kier alpha value is -0.770. The third kappa shape index (κ3) is 2.08. The average Bonchev–Trinajstić information content (AvgIpc) is 1.98. The average molecular weight is 175 g/mol.